The van der Waals surface area contributed by atoms with Crippen molar-refractivity contribution < 1.29 is 41.2 Å². The standard InChI is InChI=1S/C24H27F3N4O6S/c1-15(2)37-23(33)35-12-11-30(4)22(32)31-19-8-6-5-7-17(19)29-21(31)38(34)13-18-16(3)20(9-10-28-18)36-14-24(25,26)27/h5-10,15H,11-14H2,1-4H3/t38-/m0/s1. The molecule has 0 N–H and O–H groups in total. The average molecular weight is 557 g/mol. The van der Waals surface area contributed by atoms with Crippen LogP contribution in [0.2, 0.25) is 0 Å². The molecule has 0 aliphatic rings. The van der Waals surface area contributed by atoms with Crippen LogP contribution in [-0.4, -0.2) is 74.9 Å². The van der Waals surface area contributed by atoms with E-state index in [1.165, 1.54) is 35.7 Å². The van der Waals surface area contributed by atoms with Gasteiger partial charge < -0.3 is 19.1 Å². The molecule has 0 aliphatic carbocycles. The molecule has 1 aromatic carbocycles. The number of aromatic nitrogens is 3. The molecule has 38 heavy (non-hydrogen) atoms. The fourth-order valence-corrected chi connectivity index (χ4v) is 4.56. The maximum Gasteiger partial charge on any atom is 0.508 e. The number of benzene rings is 1. The molecule has 2 aromatic heterocycles. The molecule has 10 nitrogen and oxygen atoms in total. The molecule has 3 aromatic rings. The van der Waals surface area contributed by atoms with Crippen LogP contribution in [0.3, 0.4) is 0 Å². The number of imidazole rings is 1. The number of nitrogens with zero attached hydrogens (tertiary/aromatic N) is 4. The van der Waals surface area contributed by atoms with E-state index in [1.807, 2.05) is 0 Å². The van der Waals surface area contributed by atoms with Crippen molar-refractivity contribution in [3.05, 3.63) is 47.8 Å². The highest BCUT2D eigenvalue weighted by atomic mass is 32.2. The summed E-state index contributed by atoms with van der Waals surface area (Å²) in [5.74, 6) is -0.260. The van der Waals surface area contributed by atoms with E-state index in [9.17, 15) is 27.0 Å². The molecule has 0 saturated heterocycles. The molecule has 1 amide bonds. The summed E-state index contributed by atoms with van der Waals surface area (Å²) in [4.78, 5) is 34.7. The summed E-state index contributed by atoms with van der Waals surface area (Å²) >= 11 is 0. The minimum absolute atomic E-state index is 0.0177. The Balaban J connectivity index is 1.82. The molecule has 2 heterocycles. The topological polar surface area (TPSA) is 113 Å². The number of para-hydroxylation sites is 2. The molecule has 14 heteroatoms. The van der Waals surface area contributed by atoms with Gasteiger partial charge in [0.1, 0.15) is 12.4 Å². The first kappa shape index (κ1) is 28.9. The van der Waals surface area contributed by atoms with Gasteiger partial charge in [-0.25, -0.2) is 19.1 Å². The number of halogens is 3. The summed E-state index contributed by atoms with van der Waals surface area (Å²) in [7, 11) is -0.436. The highest BCUT2D eigenvalue weighted by Gasteiger charge is 2.29. The lowest BCUT2D eigenvalue weighted by Crippen LogP contribution is -2.35. The molecule has 0 fully saturated rings. The summed E-state index contributed by atoms with van der Waals surface area (Å²) < 4.78 is 67.1. The minimum atomic E-state index is -4.52. The molecule has 1 atom stereocenters. The van der Waals surface area contributed by atoms with Crippen molar-refractivity contribution in [3.63, 3.8) is 0 Å². The molecule has 206 valence electrons. The van der Waals surface area contributed by atoms with Gasteiger partial charge in [0, 0.05) is 18.8 Å². The van der Waals surface area contributed by atoms with Crippen molar-refractivity contribution in [1.29, 1.82) is 0 Å². The maximum absolute atomic E-state index is 13.4. The molecular weight excluding hydrogens is 529 g/mol. The number of alkyl halides is 3. The molecule has 0 unspecified atom stereocenters. The zero-order valence-corrected chi connectivity index (χ0v) is 22.0. The third-order valence-corrected chi connectivity index (χ3v) is 6.36. The van der Waals surface area contributed by atoms with Gasteiger partial charge in [0.2, 0.25) is 5.16 Å². The van der Waals surface area contributed by atoms with Crippen LogP contribution < -0.4 is 4.74 Å². The smallest absolute Gasteiger partial charge is 0.484 e. The quantitative estimate of drug-likeness (QED) is 0.356. The number of amides is 1. The lowest BCUT2D eigenvalue weighted by atomic mass is 10.2. The fraction of sp³-hybridized carbons (Fsp3) is 0.417. The van der Waals surface area contributed by atoms with Crippen molar-refractivity contribution in [2.75, 3.05) is 26.8 Å². The van der Waals surface area contributed by atoms with Crippen molar-refractivity contribution in [2.45, 2.75) is 44.0 Å². The number of fused-ring (bicyclic) bond motifs is 1. The molecule has 0 radical (unpaired) electrons. The number of ether oxygens (including phenoxy) is 3. The van der Waals surface area contributed by atoms with Gasteiger partial charge in [0.15, 0.2) is 6.61 Å². The zero-order valence-electron chi connectivity index (χ0n) is 21.2. The lowest BCUT2D eigenvalue weighted by Gasteiger charge is -2.19. The van der Waals surface area contributed by atoms with E-state index in [2.05, 4.69) is 9.97 Å². The second-order valence-electron chi connectivity index (χ2n) is 8.46. The Labute approximate surface area is 219 Å². The van der Waals surface area contributed by atoms with Gasteiger partial charge in [-0.15, -0.1) is 0 Å². The Morgan fingerprint density at radius 2 is 1.89 bits per heavy atom. The van der Waals surface area contributed by atoms with Crippen LogP contribution in [0, 0.1) is 6.92 Å². The maximum atomic E-state index is 13.4. The summed E-state index contributed by atoms with van der Waals surface area (Å²) in [6.45, 7) is 3.26. The van der Waals surface area contributed by atoms with Crippen LogP contribution >= 0.6 is 0 Å². The number of hydrogen-bond donors (Lipinski definition) is 0. The molecule has 0 saturated carbocycles. The minimum Gasteiger partial charge on any atom is -0.484 e. The first-order valence-corrected chi connectivity index (χ1v) is 12.8. The second-order valence-corrected chi connectivity index (χ2v) is 9.81. The van der Waals surface area contributed by atoms with Gasteiger partial charge in [0.05, 0.1) is 45.9 Å². The van der Waals surface area contributed by atoms with Gasteiger partial charge in [-0.1, -0.05) is 12.1 Å². The summed E-state index contributed by atoms with van der Waals surface area (Å²) in [5.41, 5.74) is 1.35. The Hall–Kier alpha value is -3.68. The largest absolute Gasteiger partial charge is 0.508 e. The average Bonchev–Trinajstić information content (AvgIpc) is 3.22. The van der Waals surface area contributed by atoms with Gasteiger partial charge in [0.25, 0.3) is 0 Å². The van der Waals surface area contributed by atoms with Gasteiger partial charge >= 0.3 is 18.4 Å². The number of carbonyl (C=O) groups is 2. The van der Waals surface area contributed by atoms with E-state index in [0.29, 0.717) is 16.6 Å². The van der Waals surface area contributed by atoms with E-state index in [0.717, 1.165) is 0 Å². The van der Waals surface area contributed by atoms with E-state index in [1.54, 1.807) is 38.1 Å². The molecule has 0 bridgehead atoms. The Morgan fingerprint density at radius 1 is 1.18 bits per heavy atom. The Kier molecular flexibility index (Phi) is 9.31. The molecule has 3 rings (SSSR count). The third-order valence-electron chi connectivity index (χ3n) is 5.15. The van der Waals surface area contributed by atoms with E-state index < -0.39 is 35.8 Å². The first-order valence-electron chi connectivity index (χ1n) is 11.5. The molecule has 0 aliphatic heterocycles. The summed E-state index contributed by atoms with van der Waals surface area (Å²) in [5, 5.41) is -0.0639. The lowest BCUT2D eigenvalue weighted by molar-refractivity contribution is -0.153. The van der Waals surface area contributed by atoms with Crippen LogP contribution in [0.4, 0.5) is 22.8 Å². The van der Waals surface area contributed by atoms with E-state index >= 15 is 0 Å². The summed E-state index contributed by atoms with van der Waals surface area (Å²) in [6, 6.07) is 7.41. The van der Waals surface area contributed by atoms with Crippen LogP contribution in [0.5, 0.6) is 5.75 Å². The first-order chi connectivity index (χ1) is 17.9. The molecular formula is C24H27F3N4O6S. The number of hydrogen-bond acceptors (Lipinski definition) is 8. The highest BCUT2D eigenvalue weighted by molar-refractivity contribution is 7.84. The Morgan fingerprint density at radius 3 is 2.58 bits per heavy atom. The van der Waals surface area contributed by atoms with Crippen LogP contribution in [0.25, 0.3) is 11.0 Å². The van der Waals surface area contributed by atoms with Gasteiger partial charge in [-0.2, -0.15) is 13.2 Å². The van der Waals surface area contributed by atoms with Crippen LogP contribution in [0.15, 0.2) is 41.7 Å². The number of carbonyl (C=O) groups excluding carboxylic acids is 2. The van der Waals surface area contributed by atoms with Crippen LogP contribution in [-0.2, 0) is 26.0 Å². The fourth-order valence-electron chi connectivity index (χ4n) is 3.31. The van der Waals surface area contributed by atoms with Crippen LogP contribution in [0.1, 0.15) is 25.1 Å². The predicted molar refractivity (Wildman–Crippen MR) is 131 cm³/mol. The second kappa shape index (κ2) is 12.2. The summed E-state index contributed by atoms with van der Waals surface area (Å²) in [6.07, 6.45) is -4.47. The van der Waals surface area contributed by atoms with Gasteiger partial charge in [-0.3, -0.25) is 9.19 Å². The zero-order chi connectivity index (χ0) is 28.0. The monoisotopic (exact) mass is 556 g/mol. The van der Waals surface area contributed by atoms with E-state index in [4.69, 9.17) is 14.2 Å². The van der Waals surface area contributed by atoms with Gasteiger partial charge in [-0.05, 0) is 39.0 Å². The van der Waals surface area contributed by atoms with Crippen molar-refractivity contribution in [1.82, 2.24) is 19.4 Å². The van der Waals surface area contributed by atoms with Crippen molar-refractivity contribution >= 4 is 34.0 Å². The predicted octanol–water partition coefficient (Wildman–Crippen LogP) is 4.45. The Bertz CT molecular complexity index is 1330. The number of pyridine rings is 1. The van der Waals surface area contributed by atoms with E-state index in [-0.39, 0.29) is 41.6 Å². The number of likely N-dealkylation sites (N-methyl/N-ethyl adjacent to an activating group) is 1. The normalized spacial score (nSPS) is 12.4. The highest BCUT2D eigenvalue weighted by Crippen LogP contribution is 2.26. The molecule has 0 spiro atoms. The van der Waals surface area contributed by atoms with Crippen molar-refractivity contribution in [2.24, 2.45) is 0 Å². The van der Waals surface area contributed by atoms with Crippen molar-refractivity contribution in [3.8, 4) is 5.75 Å². The third kappa shape index (κ3) is 7.43. The SMILES string of the molecule is Cc1c(OCC(F)(F)F)ccnc1C[S@](=O)c1nc2ccccc2n1C(=O)N(C)CCOC(=O)OC(C)C. The number of rotatable bonds is 9.